The van der Waals surface area contributed by atoms with Gasteiger partial charge in [0.2, 0.25) is 17.7 Å². The summed E-state index contributed by atoms with van der Waals surface area (Å²) in [6.07, 6.45) is 4.19. The lowest BCUT2D eigenvalue weighted by Crippen LogP contribution is -2.57. The minimum absolute atomic E-state index is 0.0286. The quantitative estimate of drug-likeness (QED) is 0.0705. The smallest absolute Gasteiger partial charge is 0.326 e. The lowest BCUT2D eigenvalue weighted by molar-refractivity contribution is -0.142. The lowest BCUT2D eigenvalue weighted by atomic mass is 10.0. The standard InChI is InChI=1S/C33H41N7O7/c34-14-6-5-9-23(35)30(43)38-26(12-13-29(41)42)31(44)39-27(15-19-17-36-24-10-3-1-7-21(19)24)32(45)40-28(33(46)47)16-20-18-37-25-11-4-2-8-22(20)25/h1-4,7-8,10-11,17-18,23,26-28,36-37H,5-6,9,12-16,34-35H2,(H,38,43)(H,39,44)(H,40,45)(H,41,42)(H,46,47). The highest BCUT2D eigenvalue weighted by atomic mass is 16.4. The van der Waals surface area contributed by atoms with Gasteiger partial charge in [0.1, 0.15) is 18.1 Å². The Morgan fingerprint density at radius 2 is 1.19 bits per heavy atom. The summed E-state index contributed by atoms with van der Waals surface area (Å²) in [5, 5.41) is 28.7. The van der Waals surface area contributed by atoms with Crippen LogP contribution in [0.5, 0.6) is 0 Å². The van der Waals surface area contributed by atoms with Gasteiger partial charge in [-0.25, -0.2) is 4.79 Å². The number of carbonyl (C=O) groups excluding carboxylic acids is 3. The van der Waals surface area contributed by atoms with E-state index in [0.717, 1.165) is 21.8 Å². The Morgan fingerprint density at radius 3 is 1.74 bits per heavy atom. The average molecular weight is 648 g/mol. The maximum atomic E-state index is 13.8. The summed E-state index contributed by atoms with van der Waals surface area (Å²) in [6.45, 7) is 0.433. The molecule has 4 unspecified atom stereocenters. The minimum Gasteiger partial charge on any atom is -0.481 e. The molecule has 0 aliphatic rings. The second-order valence-corrected chi connectivity index (χ2v) is 11.5. The summed E-state index contributed by atoms with van der Waals surface area (Å²) in [4.78, 5) is 70.2. The zero-order chi connectivity index (χ0) is 33.9. The molecule has 0 aliphatic carbocycles. The summed E-state index contributed by atoms with van der Waals surface area (Å²) >= 11 is 0. The van der Waals surface area contributed by atoms with E-state index in [1.807, 2.05) is 48.5 Å². The highest BCUT2D eigenvalue weighted by Crippen LogP contribution is 2.21. The van der Waals surface area contributed by atoms with Gasteiger partial charge in [0.25, 0.3) is 0 Å². The molecular formula is C33H41N7O7. The third-order valence-corrected chi connectivity index (χ3v) is 8.03. The van der Waals surface area contributed by atoms with E-state index in [0.29, 0.717) is 36.9 Å². The van der Waals surface area contributed by atoms with Gasteiger partial charge >= 0.3 is 11.9 Å². The zero-order valence-electron chi connectivity index (χ0n) is 25.8. The Kier molecular flexibility index (Phi) is 12.1. The Hall–Kier alpha value is -5.21. The number of amides is 3. The molecule has 0 spiro atoms. The summed E-state index contributed by atoms with van der Waals surface area (Å²) in [7, 11) is 0. The predicted octanol–water partition coefficient (Wildman–Crippen LogP) is 1.29. The molecule has 0 saturated carbocycles. The topological polar surface area (TPSA) is 246 Å². The fraction of sp³-hybridized carbons (Fsp3) is 0.364. The van der Waals surface area contributed by atoms with Crippen molar-refractivity contribution in [2.24, 2.45) is 11.5 Å². The van der Waals surface area contributed by atoms with Crippen molar-refractivity contribution in [3.05, 3.63) is 72.1 Å². The third kappa shape index (κ3) is 9.40. The molecule has 3 amide bonds. The molecule has 2 heterocycles. The number of aliphatic carboxylic acids is 2. The largest absolute Gasteiger partial charge is 0.481 e. The van der Waals surface area contributed by atoms with Gasteiger partial charge < -0.3 is 47.6 Å². The summed E-state index contributed by atoms with van der Waals surface area (Å²) in [5.74, 6) is -4.67. The molecule has 0 bridgehead atoms. The number of carbonyl (C=O) groups is 5. The molecule has 4 aromatic rings. The fourth-order valence-corrected chi connectivity index (χ4v) is 5.45. The van der Waals surface area contributed by atoms with Crippen LogP contribution in [-0.2, 0) is 36.8 Å². The van der Waals surface area contributed by atoms with E-state index in [1.54, 1.807) is 12.4 Å². The van der Waals surface area contributed by atoms with Crippen LogP contribution in [0, 0.1) is 0 Å². The van der Waals surface area contributed by atoms with E-state index in [9.17, 15) is 34.2 Å². The number of carboxylic acid groups (broad SMARTS) is 2. The van der Waals surface area contributed by atoms with Crippen molar-refractivity contribution >= 4 is 51.5 Å². The number of aromatic nitrogens is 2. The Morgan fingerprint density at radius 1 is 0.681 bits per heavy atom. The van der Waals surface area contributed by atoms with Crippen molar-refractivity contribution in [2.45, 2.75) is 69.1 Å². The minimum atomic E-state index is -1.34. The molecule has 4 rings (SSSR count). The molecular weight excluding hydrogens is 606 g/mol. The summed E-state index contributed by atoms with van der Waals surface area (Å²) in [6, 6.07) is 9.84. The molecule has 2 aromatic carbocycles. The number of benzene rings is 2. The lowest BCUT2D eigenvalue weighted by Gasteiger charge is -2.25. The van der Waals surface area contributed by atoms with Crippen molar-refractivity contribution in [3.8, 4) is 0 Å². The second kappa shape index (κ2) is 16.4. The monoisotopic (exact) mass is 647 g/mol. The van der Waals surface area contributed by atoms with Crippen molar-refractivity contribution in [1.29, 1.82) is 0 Å². The van der Waals surface area contributed by atoms with Crippen LogP contribution in [0.4, 0.5) is 0 Å². The normalized spacial score (nSPS) is 13.8. The molecule has 14 heteroatoms. The van der Waals surface area contributed by atoms with Gasteiger partial charge in [0.15, 0.2) is 0 Å². The van der Waals surface area contributed by atoms with E-state index in [1.165, 1.54) is 0 Å². The van der Waals surface area contributed by atoms with Crippen LogP contribution in [0.1, 0.15) is 43.2 Å². The first kappa shape index (κ1) is 34.7. The molecule has 0 saturated heterocycles. The van der Waals surface area contributed by atoms with Crippen LogP contribution >= 0.6 is 0 Å². The first-order chi connectivity index (χ1) is 22.6. The number of para-hydroxylation sites is 2. The summed E-state index contributed by atoms with van der Waals surface area (Å²) < 4.78 is 0. The van der Waals surface area contributed by atoms with Gasteiger partial charge in [0.05, 0.1) is 6.04 Å². The molecule has 2 aromatic heterocycles. The number of hydrogen-bond acceptors (Lipinski definition) is 7. The second-order valence-electron chi connectivity index (χ2n) is 11.5. The van der Waals surface area contributed by atoms with Gasteiger partial charge in [-0.05, 0) is 49.1 Å². The maximum Gasteiger partial charge on any atom is 0.326 e. The van der Waals surface area contributed by atoms with Crippen LogP contribution < -0.4 is 27.4 Å². The van der Waals surface area contributed by atoms with Gasteiger partial charge in [-0.2, -0.15) is 0 Å². The number of carboxylic acids is 2. The number of fused-ring (bicyclic) bond motifs is 2. The van der Waals surface area contributed by atoms with Gasteiger partial charge in [0, 0.05) is 53.5 Å². The Labute approximate surface area is 270 Å². The van der Waals surface area contributed by atoms with Crippen LogP contribution in [0.25, 0.3) is 21.8 Å². The van der Waals surface area contributed by atoms with Crippen molar-refractivity contribution in [1.82, 2.24) is 25.9 Å². The van der Waals surface area contributed by atoms with Crippen molar-refractivity contribution < 1.29 is 34.2 Å². The number of nitrogens with two attached hydrogens (primary N) is 2. The number of aromatic amines is 2. The number of H-pyrrole nitrogens is 2. The Balaban J connectivity index is 1.57. The number of rotatable bonds is 18. The zero-order valence-corrected chi connectivity index (χ0v) is 25.8. The van der Waals surface area contributed by atoms with Gasteiger partial charge in [-0.3, -0.25) is 19.2 Å². The Bertz CT molecular complexity index is 1720. The van der Waals surface area contributed by atoms with Crippen LogP contribution in [0.15, 0.2) is 60.9 Å². The van der Waals surface area contributed by atoms with Crippen LogP contribution in [0.2, 0.25) is 0 Å². The maximum absolute atomic E-state index is 13.8. The fourth-order valence-electron chi connectivity index (χ4n) is 5.45. The molecule has 250 valence electrons. The summed E-state index contributed by atoms with van der Waals surface area (Å²) in [5.41, 5.74) is 14.5. The first-order valence-corrected chi connectivity index (χ1v) is 15.5. The first-order valence-electron chi connectivity index (χ1n) is 15.5. The van der Waals surface area contributed by atoms with E-state index in [2.05, 4.69) is 25.9 Å². The molecule has 14 nitrogen and oxygen atoms in total. The van der Waals surface area contributed by atoms with Crippen molar-refractivity contribution in [3.63, 3.8) is 0 Å². The molecule has 11 N–H and O–H groups in total. The van der Waals surface area contributed by atoms with Gasteiger partial charge in [-0.1, -0.05) is 42.8 Å². The highest BCUT2D eigenvalue weighted by molar-refractivity contribution is 5.95. The average Bonchev–Trinajstić information content (AvgIpc) is 3.66. The SMILES string of the molecule is NCCCCC(N)C(=O)NC(CCC(=O)O)C(=O)NC(Cc1c[nH]c2ccccc12)C(=O)NC(Cc1c[nH]c2ccccc12)C(=O)O. The van der Waals surface area contributed by atoms with Crippen molar-refractivity contribution in [2.75, 3.05) is 6.54 Å². The van der Waals surface area contributed by atoms with E-state index < -0.39 is 60.2 Å². The van der Waals surface area contributed by atoms with Crippen LogP contribution in [0.3, 0.4) is 0 Å². The number of hydrogen-bond donors (Lipinski definition) is 9. The van der Waals surface area contributed by atoms with Gasteiger partial charge in [-0.15, -0.1) is 0 Å². The number of unbranched alkanes of at least 4 members (excludes halogenated alkanes) is 1. The molecule has 47 heavy (non-hydrogen) atoms. The molecule has 0 radical (unpaired) electrons. The molecule has 0 fully saturated rings. The molecule has 4 atom stereocenters. The third-order valence-electron chi connectivity index (χ3n) is 8.03. The number of nitrogens with one attached hydrogen (secondary N) is 5. The van der Waals surface area contributed by atoms with E-state index in [-0.39, 0.29) is 19.3 Å². The van der Waals surface area contributed by atoms with E-state index in [4.69, 9.17) is 11.5 Å². The predicted molar refractivity (Wildman–Crippen MR) is 175 cm³/mol. The highest BCUT2D eigenvalue weighted by Gasteiger charge is 2.31. The molecule has 0 aliphatic heterocycles. The van der Waals surface area contributed by atoms with E-state index >= 15 is 0 Å². The van der Waals surface area contributed by atoms with Crippen LogP contribution in [-0.4, -0.2) is 80.6 Å².